The minimum absolute atomic E-state index is 0.118. The van der Waals surface area contributed by atoms with Crippen LogP contribution in [-0.2, 0) is 6.42 Å². The highest BCUT2D eigenvalue weighted by atomic mass is 35.5. The summed E-state index contributed by atoms with van der Waals surface area (Å²) in [6.07, 6.45) is 2.92. The van der Waals surface area contributed by atoms with Gasteiger partial charge in [0.25, 0.3) is 0 Å². The predicted molar refractivity (Wildman–Crippen MR) is 97.0 cm³/mol. The smallest absolute Gasteiger partial charge is 0.166 e. The van der Waals surface area contributed by atoms with Crippen molar-refractivity contribution in [2.24, 2.45) is 0 Å². The number of carbonyl (C=O) groups is 1. The summed E-state index contributed by atoms with van der Waals surface area (Å²) in [6.45, 7) is 0. The topological polar surface area (TPSA) is 44.1 Å². The van der Waals surface area contributed by atoms with Gasteiger partial charge in [-0.3, -0.25) is 4.79 Å². The highest BCUT2D eigenvalue weighted by Crippen LogP contribution is 2.34. The number of hydrogen-bond acceptors (Lipinski definition) is 3. The highest BCUT2D eigenvalue weighted by Gasteiger charge is 2.30. The Bertz CT molecular complexity index is 931. The molecule has 1 aromatic heterocycles. The van der Waals surface area contributed by atoms with E-state index in [0.717, 1.165) is 29.1 Å². The van der Waals surface area contributed by atoms with Crippen LogP contribution in [0.15, 0.2) is 54.7 Å². The quantitative estimate of drug-likeness (QED) is 0.699. The second-order valence-electron chi connectivity index (χ2n) is 6.20. The Morgan fingerprint density at radius 2 is 1.96 bits per heavy atom. The number of carbonyl (C=O) groups excluding carboxylic acids is 1. The molecule has 2 aromatic carbocycles. The van der Waals surface area contributed by atoms with Crippen molar-refractivity contribution in [3.05, 3.63) is 76.6 Å². The van der Waals surface area contributed by atoms with Gasteiger partial charge in [-0.2, -0.15) is 5.10 Å². The molecule has 0 aliphatic heterocycles. The van der Waals surface area contributed by atoms with E-state index in [1.54, 1.807) is 13.3 Å². The average Bonchev–Trinajstić information content (AvgIpc) is 3.06. The van der Waals surface area contributed by atoms with Crippen molar-refractivity contribution in [3.8, 4) is 11.4 Å². The van der Waals surface area contributed by atoms with Crippen LogP contribution < -0.4 is 4.74 Å². The average molecular weight is 353 g/mol. The maximum absolute atomic E-state index is 12.6. The van der Waals surface area contributed by atoms with Crippen LogP contribution in [0.3, 0.4) is 0 Å². The molecule has 126 valence electrons. The van der Waals surface area contributed by atoms with E-state index in [4.69, 9.17) is 16.3 Å². The van der Waals surface area contributed by atoms with Crippen molar-refractivity contribution in [1.29, 1.82) is 0 Å². The summed E-state index contributed by atoms with van der Waals surface area (Å²) in [6, 6.07) is 15.4. The molecule has 1 aliphatic rings. The molecular weight excluding hydrogens is 336 g/mol. The minimum Gasteiger partial charge on any atom is -0.497 e. The Morgan fingerprint density at radius 1 is 1.16 bits per heavy atom. The third kappa shape index (κ3) is 2.94. The molecule has 0 amide bonds. The number of rotatable bonds is 3. The van der Waals surface area contributed by atoms with E-state index < -0.39 is 0 Å². The summed E-state index contributed by atoms with van der Waals surface area (Å²) in [4.78, 5) is 12.6. The monoisotopic (exact) mass is 352 g/mol. The number of aromatic nitrogens is 2. The maximum Gasteiger partial charge on any atom is 0.166 e. The van der Waals surface area contributed by atoms with Crippen molar-refractivity contribution >= 4 is 17.4 Å². The Kier molecular flexibility index (Phi) is 4.06. The third-order valence-electron chi connectivity index (χ3n) is 4.68. The zero-order chi connectivity index (χ0) is 17.4. The zero-order valence-corrected chi connectivity index (χ0v) is 14.5. The minimum atomic E-state index is 0.118. The standard InChI is InChI=1S/C20H17ClN2O2/c1-25-17-7-5-16(6-8-17)23-19-10-14(11-20(24)18(19)12-22-23)13-3-2-4-15(21)9-13/h2-9,12,14H,10-11H2,1H3/t14-/m1/s1. The van der Waals surface area contributed by atoms with Crippen LogP contribution in [-0.4, -0.2) is 22.7 Å². The van der Waals surface area contributed by atoms with E-state index in [2.05, 4.69) is 5.10 Å². The second-order valence-corrected chi connectivity index (χ2v) is 6.63. The van der Waals surface area contributed by atoms with Gasteiger partial charge in [-0.15, -0.1) is 0 Å². The summed E-state index contributed by atoms with van der Waals surface area (Å²) in [5.41, 5.74) is 3.68. The first-order valence-electron chi connectivity index (χ1n) is 8.15. The Balaban J connectivity index is 1.72. The molecule has 1 atom stereocenters. The summed E-state index contributed by atoms with van der Waals surface area (Å²) in [7, 11) is 1.64. The first-order valence-corrected chi connectivity index (χ1v) is 8.53. The van der Waals surface area contributed by atoms with Crippen molar-refractivity contribution in [1.82, 2.24) is 9.78 Å². The first kappa shape index (κ1) is 15.9. The van der Waals surface area contributed by atoms with Gasteiger partial charge in [-0.05, 0) is 54.3 Å². The van der Waals surface area contributed by atoms with Gasteiger partial charge in [0.15, 0.2) is 5.78 Å². The first-order chi connectivity index (χ1) is 12.2. The summed E-state index contributed by atoms with van der Waals surface area (Å²) < 4.78 is 7.06. The molecule has 4 nitrogen and oxygen atoms in total. The summed E-state index contributed by atoms with van der Waals surface area (Å²) >= 11 is 6.12. The second kappa shape index (κ2) is 6.37. The van der Waals surface area contributed by atoms with Crippen LogP contribution in [0.1, 0.15) is 34.0 Å². The molecule has 1 aliphatic carbocycles. The van der Waals surface area contributed by atoms with E-state index in [1.165, 1.54) is 0 Å². The molecule has 5 heteroatoms. The molecular formula is C20H17ClN2O2. The van der Waals surface area contributed by atoms with Gasteiger partial charge in [-0.25, -0.2) is 4.68 Å². The van der Waals surface area contributed by atoms with Crippen LogP contribution in [0.5, 0.6) is 5.75 Å². The normalized spacial score (nSPS) is 16.6. The zero-order valence-electron chi connectivity index (χ0n) is 13.8. The Morgan fingerprint density at radius 3 is 2.68 bits per heavy atom. The number of halogens is 1. The summed E-state index contributed by atoms with van der Waals surface area (Å²) in [5.74, 6) is 1.04. The fraction of sp³-hybridized carbons (Fsp3) is 0.200. The van der Waals surface area contributed by atoms with Crippen LogP contribution in [0.2, 0.25) is 5.02 Å². The molecule has 0 saturated carbocycles. The van der Waals surface area contributed by atoms with E-state index in [9.17, 15) is 4.79 Å². The number of benzene rings is 2. The van der Waals surface area contributed by atoms with Crippen molar-refractivity contribution in [2.45, 2.75) is 18.8 Å². The molecule has 0 N–H and O–H groups in total. The number of hydrogen-bond donors (Lipinski definition) is 0. The number of ketones is 1. The molecule has 1 heterocycles. The fourth-order valence-corrected chi connectivity index (χ4v) is 3.58. The predicted octanol–water partition coefficient (Wildman–Crippen LogP) is 4.45. The molecule has 0 fully saturated rings. The van der Waals surface area contributed by atoms with E-state index in [-0.39, 0.29) is 11.7 Å². The third-order valence-corrected chi connectivity index (χ3v) is 4.91. The number of methoxy groups -OCH3 is 1. The number of ether oxygens (including phenoxy) is 1. The van der Waals surface area contributed by atoms with Crippen molar-refractivity contribution in [2.75, 3.05) is 7.11 Å². The lowest BCUT2D eigenvalue weighted by Gasteiger charge is -2.23. The fourth-order valence-electron chi connectivity index (χ4n) is 3.38. The molecule has 0 bridgehead atoms. The molecule has 0 radical (unpaired) electrons. The Labute approximate surface area is 151 Å². The lowest BCUT2D eigenvalue weighted by atomic mass is 9.82. The molecule has 0 spiro atoms. The molecule has 25 heavy (non-hydrogen) atoms. The van der Waals surface area contributed by atoms with Crippen LogP contribution in [0, 0.1) is 0 Å². The van der Waals surface area contributed by atoms with Crippen molar-refractivity contribution < 1.29 is 9.53 Å². The van der Waals surface area contributed by atoms with Gasteiger partial charge in [0.1, 0.15) is 5.75 Å². The highest BCUT2D eigenvalue weighted by molar-refractivity contribution is 6.30. The van der Waals surface area contributed by atoms with Gasteiger partial charge >= 0.3 is 0 Å². The van der Waals surface area contributed by atoms with Gasteiger partial charge in [0.2, 0.25) is 0 Å². The SMILES string of the molecule is COc1ccc(-n2ncc3c2C[C@@H](c2cccc(Cl)c2)CC3=O)cc1. The largest absolute Gasteiger partial charge is 0.497 e. The van der Waals surface area contributed by atoms with Gasteiger partial charge < -0.3 is 4.74 Å². The van der Waals surface area contributed by atoms with Gasteiger partial charge in [0, 0.05) is 11.4 Å². The van der Waals surface area contributed by atoms with E-state index >= 15 is 0 Å². The lowest BCUT2D eigenvalue weighted by Crippen LogP contribution is -2.20. The van der Waals surface area contributed by atoms with E-state index in [1.807, 2.05) is 53.2 Å². The number of Topliss-reactive ketones (excluding diaryl/α,β-unsaturated/α-hetero) is 1. The van der Waals surface area contributed by atoms with Crippen LogP contribution in [0.25, 0.3) is 5.69 Å². The maximum atomic E-state index is 12.6. The molecule has 3 aromatic rings. The van der Waals surface area contributed by atoms with E-state index in [0.29, 0.717) is 17.0 Å². The lowest BCUT2D eigenvalue weighted by molar-refractivity contribution is 0.0963. The Hall–Kier alpha value is -2.59. The number of nitrogens with zero attached hydrogens (tertiary/aromatic N) is 2. The molecule has 0 unspecified atom stereocenters. The van der Waals surface area contributed by atoms with Crippen LogP contribution in [0.4, 0.5) is 0 Å². The van der Waals surface area contributed by atoms with Crippen LogP contribution >= 0.6 is 11.6 Å². The molecule has 4 rings (SSSR count). The van der Waals surface area contributed by atoms with Gasteiger partial charge in [0.05, 0.1) is 30.3 Å². The molecule has 0 saturated heterocycles. The van der Waals surface area contributed by atoms with Crippen molar-refractivity contribution in [3.63, 3.8) is 0 Å². The summed E-state index contributed by atoms with van der Waals surface area (Å²) in [5, 5.41) is 5.14. The van der Waals surface area contributed by atoms with Gasteiger partial charge in [-0.1, -0.05) is 23.7 Å². The number of fused-ring (bicyclic) bond motifs is 1.